The van der Waals surface area contributed by atoms with Gasteiger partial charge in [0.25, 0.3) is 0 Å². The maximum Gasteiger partial charge on any atom is 0.142 e. The van der Waals surface area contributed by atoms with Crippen molar-refractivity contribution in [3.05, 3.63) is 0 Å². The van der Waals surface area contributed by atoms with Crippen molar-refractivity contribution in [3.8, 4) is 0 Å². The minimum Gasteiger partial charge on any atom is -0.355 e. The van der Waals surface area contributed by atoms with E-state index in [2.05, 4.69) is 13.8 Å². The Hall–Kier alpha value is 1.67. The first-order valence-corrected chi connectivity index (χ1v) is 19.2. The summed E-state index contributed by atoms with van der Waals surface area (Å²) in [5.74, 6) is 2.43. The lowest BCUT2D eigenvalue weighted by atomic mass is 10.6. The van der Waals surface area contributed by atoms with Crippen molar-refractivity contribution in [1.82, 2.24) is 0 Å². The van der Waals surface area contributed by atoms with Crippen LogP contribution in [-0.2, 0) is 18.9 Å². The third kappa shape index (κ3) is 16.4. The molecule has 0 N–H and O–H groups in total. The van der Waals surface area contributed by atoms with Gasteiger partial charge in [0.05, 0.1) is 19.0 Å². The average molecular weight is 507 g/mol. The Bertz CT molecular complexity index is 314. The molecule has 10 heteroatoms. The molecule has 0 aliphatic rings. The molecule has 28 heavy (non-hydrogen) atoms. The van der Waals surface area contributed by atoms with Crippen LogP contribution in [0.3, 0.4) is 0 Å². The van der Waals surface area contributed by atoms with Gasteiger partial charge in [-0.15, -0.1) is 0 Å². The third-order valence-electron chi connectivity index (χ3n) is 4.14. The van der Waals surface area contributed by atoms with Crippen molar-refractivity contribution in [2.24, 2.45) is 0 Å². The second-order valence-electron chi connectivity index (χ2n) is 6.69. The summed E-state index contributed by atoms with van der Waals surface area (Å²) in [5, 5.41) is 0. The van der Waals surface area contributed by atoms with Crippen LogP contribution in [0.2, 0.25) is 12.1 Å². The molecule has 0 unspecified atom stereocenters. The highest BCUT2D eigenvalue weighted by molar-refractivity contribution is 9.26. The van der Waals surface area contributed by atoms with Gasteiger partial charge in [0.1, 0.15) is 10.8 Å². The molecule has 0 aromatic rings. The van der Waals surface area contributed by atoms with E-state index >= 15 is 0 Å². The first kappa shape index (κ1) is 29.7. The summed E-state index contributed by atoms with van der Waals surface area (Å²) in [6.07, 6.45) is 2.54. The second kappa shape index (κ2) is 19.4. The van der Waals surface area contributed by atoms with Crippen LogP contribution in [0.1, 0.15) is 54.4 Å². The molecule has 0 rings (SSSR count). The summed E-state index contributed by atoms with van der Waals surface area (Å²) in [4.78, 5) is 0. The normalized spacial score (nSPS) is 13.5. The first-order valence-electron chi connectivity index (χ1n) is 10.6. The lowest BCUT2D eigenvalue weighted by Gasteiger charge is -2.29. The van der Waals surface area contributed by atoms with Gasteiger partial charge < -0.3 is 18.9 Å². The van der Waals surface area contributed by atoms with Crippen LogP contribution in [0.25, 0.3) is 0 Å². The van der Waals surface area contributed by atoms with Gasteiger partial charge in [-0.2, -0.15) is 0 Å². The zero-order valence-electron chi connectivity index (χ0n) is 18.8. The summed E-state index contributed by atoms with van der Waals surface area (Å²) in [6, 6.07) is 2.57. The maximum atomic E-state index is 5.82. The molecule has 0 bridgehead atoms. The highest BCUT2D eigenvalue weighted by Crippen LogP contribution is 2.43. The topological polar surface area (TPSA) is 36.9 Å². The highest BCUT2D eigenvalue weighted by atomic mass is 33.7. The Labute approximate surface area is 193 Å². The van der Waals surface area contributed by atoms with E-state index in [0.29, 0.717) is 0 Å². The first-order chi connectivity index (χ1) is 13.4. The maximum absolute atomic E-state index is 5.82. The van der Waals surface area contributed by atoms with Gasteiger partial charge in [-0.1, -0.05) is 33.7 Å². The van der Waals surface area contributed by atoms with Gasteiger partial charge in [-0.25, -0.2) is 0 Å². The fourth-order valence-electron chi connectivity index (χ4n) is 2.91. The zero-order chi connectivity index (χ0) is 21.1. The Balaban J connectivity index is 3.55. The lowest BCUT2D eigenvalue weighted by molar-refractivity contribution is -0.163. The van der Waals surface area contributed by atoms with Gasteiger partial charge in [-0.3, -0.25) is 0 Å². The van der Waals surface area contributed by atoms with E-state index in [1.54, 1.807) is 0 Å². The second-order valence-corrected chi connectivity index (χ2v) is 17.9. The van der Waals surface area contributed by atoms with Crippen LogP contribution in [0.15, 0.2) is 0 Å². The van der Waals surface area contributed by atoms with Crippen LogP contribution in [0, 0.1) is 0 Å². The fraction of sp³-hybridized carbons (Fsp3) is 1.00. The molecule has 0 aliphatic carbocycles. The summed E-state index contributed by atoms with van der Waals surface area (Å²) < 4.78 is 23.3. The molecule has 0 radical (unpaired) electrons. The average Bonchev–Trinajstić information content (AvgIpc) is 2.63. The van der Waals surface area contributed by atoms with Crippen molar-refractivity contribution in [3.63, 3.8) is 0 Å². The molecular weight excluding hydrogens is 465 g/mol. The molecular formula is C18H42O4S4Si2. The smallest absolute Gasteiger partial charge is 0.142 e. The largest absolute Gasteiger partial charge is 0.355 e. The standard InChI is InChI=1S/C18H42O4S4Si2/c1-7-19-17(5,20-8-2)27-15-11-13-23-25-26-24-14-12-16-28-18(6,21-9-3)22-10-4/h7-16,27-28H2,1-6H3. The Morgan fingerprint density at radius 2 is 0.929 bits per heavy atom. The molecule has 0 amide bonds. The minimum absolute atomic E-state index is 0.268. The van der Waals surface area contributed by atoms with Crippen molar-refractivity contribution >= 4 is 60.3 Å². The third-order valence-corrected chi connectivity index (χ3v) is 15.1. The molecule has 0 saturated carbocycles. The summed E-state index contributed by atoms with van der Waals surface area (Å²) in [6.45, 7) is 15.4. The van der Waals surface area contributed by atoms with Crippen molar-refractivity contribution < 1.29 is 18.9 Å². The fourth-order valence-corrected chi connectivity index (χ4v) is 13.6. The molecule has 0 spiro atoms. The van der Waals surface area contributed by atoms with Crippen LogP contribution in [-0.4, -0.2) is 67.8 Å². The van der Waals surface area contributed by atoms with E-state index < -0.39 is 0 Å². The van der Waals surface area contributed by atoms with Crippen LogP contribution in [0.4, 0.5) is 0 Å². The highest BCUT2D eigenvalue weighted by Gasteiger charge is 2.25. The zero-order valence-corrected chi connectivity index (χ0v) is 24.8. The Kier molecular flexibility index (Phi) is 20.5. The Morgan fingerprint density at radius 1 is 0.607 bits per heavy atom. The SMILES string of the molecule is CCOC(C)(OCC)[SiH2]CCCSSSSCCC[SiH2]C(C)(OCC)OCC. The molecule has 170 valence electrons. The van der Waals surface area contributed by atoms with Crippen LogP contribution in [0.5, 0.6) is 0 Å². The van der Waals surface area contributed by atoms with Gasteiger partial charge >= 0.3 is 0 Å². The van der Waals surface area contributed by atoms with Crippen molar-refractivity contribution in [1.29, 1.82) is 0 Å². The van der Waals surface area contributed by atoms with E-state index in [1.807, 2.05) is 68.9 Å². The van der Waals surface area contributed by atoms with Gasteiger partial charge in [0.15, 0.2) is 0 Å². The van der Waals surface area contributed by atoms with E-state index in [1.165, 1.54) is 36.4 Å². The number of hydrogen-bond donors (Lipinski definition) is 0. The summed E-state index contributed by atoms with van der Waals surface area (Å²) in [5.41, 5.74) is -0.536. The molecule has 0 heterocycles. The monoisotopic (exact) mass is 506 g/mol. The minimum atomic E-state index is -0.362. The molecule has 4 nitrogen and oxygen atoms in total. The number of rotatable bonds is 21. The quantitative estimate of drug-likeness (QED) is 0.0920. The molecule has 0 aromatic carbocycles. The van der Waals surface area contributed by atoms with Crippen LogP contribution < -0.4 is 0 Å². The van der Waals surface area contributed by atoms with Gasteiger partial charge in [0.2, 0.25) is 0 Å². The number of hydrogen-bond acceptors (Lipinski definition) is 8. The van der Waals surface area contributed by atoms with Crippen molar-refractivity contribution in [2.45, 2.75) is 77.3 Å². The molecule has 0 atom stereocenters. The number of ether oxygens (including phenoxy) is 4. The van der Waals surface area contributed by atoms with Gasteiger partial charge in [0, 0.05) is 37.9 Å². The predicted octanol–water partition coefficient (Wildman–Crippen LogP) is 5.11. The van der Waals surface area contributed by atoms with E-state index in [4.69, 9.17) is 18.9 Å². The molecule has 0 saturated heterocycles. The van der Waals surface area contributed by atoms with Crippen molar-refractivity contribution in [2.75, 3.05) is 37.9 Å². The van der Waals surface area contributed by atoms with E-state index in [0.717, 1.165) is 26.4 Å². The summed E-state index contributed by atoms with van der Waals surface area (Å²) >= 11 is 0. The molecule has 0 aliphatic heterocycles. The van der Waals surface area contributed by atoms with E-state index in [-0.39, 0.29) is 29.9 Å². The summed E-state index contributed by atoms with van der Waals surface area (Å²) in [7, 11) is 7.08. The predicted molar refractivity (Wildman–Crippen MR) is 139 cm³/mol. The lowest BCUT2D eigenvalue weighted by Crippen LogP contribution is -2.39. The van der Waals surface area contributed by atoms with E-state index in [9.17, 15) is 0 Å². The molecule has 0 aromatic heterocycles. The van der Waals surface area contributed by atoms with Gasteiger partial charge in [-0.05, 0) is 74.0 Å². The van der Waals surface area contributed by atoms with Crippen LogP contribution >= 0.6 is 41.2 Å². The molecule has 0 fully saturated rings. The Morgan fingerprint density at radius 3 is 1.21 bits per heavy atom.